The molecule has 2 aliphatic rings. The molecule has 2 atom stereocenters. The van der Waals surface area contributed by atoms with Crippen molar-refractivity contribution in [1.29, 1.82) is 0 Å². The smallest absolute Gasteiger partial charge is 0.223 e. The number of aliphatic hydroxyl groups excluding tert-OH is 1. The van der Waals surface area contributed by atoms with Gasteiger partial charge in [-0.25, -0.2) is 8.42 Å². The van der Waals surface area contributed by atoms with Crippen LogP contribution in [0, 0.1) is 11.8 Å². The van der Waals surface area contributed by atoms with Gasteiger partial charge in [-0.15, -0.1) is 0 Å². The highest BCUT2D eigenvalue weighted by molar-refractivity contribution is 7.90. The fraction of sp³-hybridized carbons (Fsp3) is 0.933. The van der Waals surface area contributed by atoms with Crippen LogP contribution in [0.3, 0.4) is 0 Å². The molecule has 1 amide bonds. The average molecular weight is 348 g/mol. The summed E-state index contributed by atoms with van der Waals surface area (Å²) in [5.41, 5.74) is 0. The first kappa shape index (κ1) is 18.6. The monoisotopic (exact) mass is 348 g/mol. The Hall–Kier alpha value is -0.700. The molecule has 8 heteroatoms. The van der Waals surface area contributed by atoms with Gasteiger partial charge >= 0.3 is 0 Å². The molecule has 23 heavy (non-hydrogen) atoms. The normalized spacial score (nSPS) is 27.1. The van der Waals surface area contributed by atoms with Crippen LogP contribution < -0.4 is 0 Å². The van der Waals surface area contributed by atoms with E-state index < -0.39 is 9.84 Å². The van der Waals surface area contributed by atoms with Crippen LogP contribution >= 0.6 is 0 Å². The zero-order chi connectivity index (χ0) is 16.9. The van der Waals surface area contributed by atoms with Gasteiger partial charge in [-0.3, -0.25) is 9.69 Å². The number of carbonyl (C=O) groups is 1. The Morgan fingerprint density at radius 2 is 1.87 bits per heavy atom. The van der Waals surface area contributed by atoms with Crippen LogP contribution in [0.25, 0.3) is 0 Å². The quantitative estimate of drug-likeness (QED) is 0.677. The highest BCUT2D eigenvalue weighted by Gasteiger charge is 2.31. The maximum atomic E-state index is 12.3. The van der Waals surface area contributed by atoms with Crippen LogP contribution in [0.4, 0.5) is 0 Å². The zero-order valence-corrected chi connectivity index (χ0v) is 14.6. The van der Waals surface area contributed by atoms with E-state index in [1.165, 1.54) is 0 Å². The van der Waals surface area contributed by atoms with Gasteiger partial charge < -0.3 is 14.7 Å². The Kier molecular flexibility index (Phi) is 6.82. The van der Waals surface area contributed by atoms with Gasteiger partial charge in [-0.1, -0.05) is 0 Å². The molecule has 7 nitrogen and oxygen atoms in total. The van der Waals surface area contributed by atoms with Crippen LogP contribution in [0.2, 0.25) is 0 Å². The molecule has 0 saturated carbocycles. The van der Waals surface area contributed by atoms with E-state index in [9.17, 15) is 18.3 Å². The Bertz CT molecular complexity index is 490. The van der Waals surface area contributed by atoms with Crippen LogP contribution in [-0.2, 0) is 19.4 Å². The molecule has 1 N–H and O–H groups in total. The number of carbonyl (C=O) groups excluding carboxylic acids is 1. The number of hydrogen-bond acceptors (Lipinski definition) is 6. The van der Waals surface area contributed by atoms with Gasteiger partial charge in [0.15, 0.2) is 0 Å². The third kappa shape index (κ3) is 6.37. The van der Waals surface area contributed by atoms with Gasteiger partial charge in [0, 0.05) is 52.0 Å². The molecule has 0 aliphatic carbocycles. The lowest BCUT2D eigenvalue weighted by Crippen LogP contribution is -2.49. The molecule has 134 valence electrons. The number of hydrogen-bond donors (Lipinski definition) is 1. The number of amides is 1. The number of likely N-dealkylation sites (tertiary alicyclic amines) is 1. The first-order valence-corrected chi connectivity index (χ1v) is 10.3. The summed E-state index contributed by atoms with van der Waals surface area (Å²) >= 11 is 0. The molecule has 2 unspecified atom stereocenters. The second-order valence-electron chi connectivity index (χ2n) is 6.74. The summed E-state index contributed by atoms with van der Waals surface area (Å²) < 4.78 is 27.8. The van der Waals surface area contributed by atoms with E-state index in [0.717, 1.165) is 45.5 Å². The number of aliphatic hydroxyl groups is 1. The van der Waals surface area contributed by atoms with Crippen molar-refractivity contribution in [2.75, 3.05) is 64.6 Å². The summed E-state index contributed by atoms with van der Waals surface area (Å²) in [6.07, 6.45) is 2.08. The maximum Gasteiger partial charge on any atom is 0.223 e. The topological polar surface area (TPSA) is 87.2 Å². The summed E-state index contributed by atoms with van der Waals surface area (Å²) in [5.74, 6) is 0.166. The maximum absolute atomic E-state index is 12.3. The van der Waals surface area contributed by atoms with E-state index in [1.807, 2.05) is 0 Å². The fourth-order valence-corrected chi connectivity index (χ4v) is 3.91. The second-order valence-corrected chi connectivity index (χ2v) is 9.00. The Balaban J connectivity index is 1.90. The fourth-order valence-electron chi connectivity index (χ4n) is 3.37. The third-order valence-electron chi connectivity index (χ3n) is 4.54. The second kappa shape index (κ2) is 8.41. The van der Waals surface area contributed by atoms with Crippen molar-refractivity contribution >= 4 is 15.7 Å². The summed E-state index contributed by atoms with van der Waals surface area (Å²) in [5, 5.41) is 9.51. The molecule has 2 heterocycles. The van der Waals surface area contributed by atoms with E-state index in [-0.39, 0.29) is 30.6 Å². The van der Waals surface area contributed by atoms with Gasteiger partial charge in [-0.2, -0.15) is 0 Å². The van der Waals surface area contributed by atoms with Crippen molar-refractivity contribution in [3.05, 3.63) is 0 Å². The molecule has 2 aliphatic heterocycles. The average Bonchev–Trinajstić information content (AvgIpc) is 2.52. The number of rotatable bonds is 6. The number of sulfone groups is 1. The van der Waals surface area contributed by atoms with Crippen molar-refractivity contribution in [2.24, 2.45) is 11.8 Å². The van der Waals surface area contributed by atoms with Gasteiger partial charge in [0.05, 0.1) is 19.0 Å². The SMILES string of the molecule is CS(=O)(=O)CCC(=O)N1CC(CO)CC(CN2CCOCC2)C1. The lowest BCUT2D eigenvalue weighted by atomic mass is 9.89. The summed E-state index contributed by atoms with van der Waals surface area (Å²) in [4.78, 5) is 16.4. The first-order chi connectivity index (χ1) is 10.9. The minimum atomic E-state index is -3.13. The largest absolute Gasteiger partial charge is 0.396 e. The minimum absolute atomic E-state index is 0.0290. The summed E-state index contributed by atoms with van der Waals surface area (Å²) in [7, 11) is -3.13. The van der Waals surface area contributed by atoms with Crippen molar-refractivity contribution in [3.8, 4) is 0 Å². The molecule has 0 aromatic carbocycles. The van der Waals surface area contributed by atoms with E-state index in [2.05, 4.69) is 4.90 Å². The Morgan fingerprint density at radius 3 is 2.48 bits per heavy atom. The van der Waals surface area contributed by atoms with Crippen molar-refractivity contribution in [2.45, 2.75) is 12.8 Å². The Morgan fingerprint density at radius 1 is 1.22 bits per heavy atom. The van der Waals surface area contributed by atoms with Crippen LogP contribution in [0.15, 0.2) is 0 Å². The number of morpholine rings is 1. The van der Waals surface area contributed by atoms with Gasteiger partial charge in [0.2, 0.25) is 5.91 Å². The molecule has 0 aromatic heterocycles. The third-order valence-corrected chi connectivity index (χ3v) is 5.49. The van der Waals surface area contributed by atoms with Crippen molar-refractivity contribution in [1.82, 2.24) is 9.80 Å². The number of ether oxygens (including phenoxy) is 1. The van der Waals surface area contributed by atoms with E-state index >= 15 is 0 Å². The standard InChI is InChI=1S/C15H28N2O5S/c1-23(20,21)7-2-15(19)17-10-13(8-14(11-17)12-18)9-16-3-5-22-6-4-16/h13-14,18H,2-12H2,1H3. The predicted octanol–water partition coefficient (Wildman–Crippen LogP) is -0.790. The lowest BCUT2D eigenvalue weighted by molar-refractivity contribution is -0.134. The summed E-state index contributed by atoms with van der Waals surface area (Å²) in [6.45, 7) is 5.44. The highest BCUT2D eigenvalue weighted by atomic mass is 32.2. The highest BCUT2D eigenvalue weighted by Crippen LogP contribution is 2.23. The molecule has 2 rings (SSSR count). The number of piperidine rings is 1. The van der Waals surface area contributed by atoms with Crippen LogP contribution in [0.5, 0.6) is 0 Å². The molecular formula is C15H28N2O5S. The van der Waals surface area contributed by atoms with E-state index in [4.69, 9.17) is 4.74 Å². The minimum Gasteiger partial charge on any atom is -0.396 e. The lowest BCUT2D eigenvalue weighted by Gasteiger charge is -2.40. The Labute approximate surface area is 138 Å². The molecule has 0 radical (unpaired) electrons. The zero-order valence-electron chi connectivity index (χ0n) is 13.8. The number of nitrogens with zero attached hydrogens (tertiary/aromatic N) is 2. The van der Waals surface area contributed by atoms with Gasteiger partial charge in [0.1, 0.15) is 9.84 Å². The van der Waals surface area contributed by atoms with Crippen molar-refractivity contribution in [3.63, 3.8) is 0 Å². The van der Waals surface area contributed by atoms with Gasteiger partial charge in [0.25, 0.3) is 0 Å². The molecule has 0 spiro atoms. The first-order valence-electron chi connectivity index (χ1n) is 8.24. The molecular weight excluding hydrogens is 320 g/mol. The molecule has 0 bridgehead atoms. The molecule has 0 aromatic rings. The van der Waals surface area contributed by atoms with E-state index in [0.29, 0.717) is 19.0 Å². The summed E-state index contributed by atoms with van der Waals surface area (Å²) in [6, 6.07) is 0. The van der Waals surface area contributed by atoms with Gasteiger partial charge in [-0.05, 0) is 18.3 Å². The van der Waals surface area contributed by atoms with Crippen LogP contribution in [-0.4, -0.2) is 93.8 Å². The molecule has 2 saturated heterocycles. The predicted molar refractivity (Wildman–Crippen MR) is 86.8 cm³/mol. The van der Waals surface area contributed by atoms with Crippen molar-refractivity contribution < 1.29 is 23.1 Å². The van der Waals surface area contributed by atoms with Crippen LogP contribution in [0.1, 0.15) is 12.8 Å². The molecule has 2 fully saturated rings. The van der Waals surface area contributed by atoms with E-state index in [1.54, 1.807) is 4.90 Å².